The van der Waals surface area contributed by atoms with Gasteiger partial charge in [0.15, 0.2) is 0 Å². The minimum atomic E-state index is 0.285. The van der Waals surface area contributed by atoms with E-state index in [-0.39, 0.29) is 6.54 Å². The predicted octanol–water partition coefficient (Wildman–Crippen LogP) is 3.31. The Morgan fingerprint density at radius 2 is 2.21 bits per heavy atom. The van der Waals surface area contributed by atoms with E-state index in [1.54, 1.807) is 6.20 Å². The highest BCUT2D eigenvalue weighted by Gasteiger charge is 2.08. The summed E-state index contributed by atoms with van der Waals surface area (Å²) < 4.78 is 0. The molecule has 2 rings (SSSR count). The zero-order chi connectivity index (χ0) is 9.97. The fourth-order valence-corrected chi connectivity index (χ4v) is 1.62. The van der Waals surface area contributed by atoms with Crippen LogP contribution in [0.1, 0.15) is 5.56 Å². The van der Waals surface area contributed by atoms with Crippen LogP contribution in [-0.2, 0) is 6.54 Å². The third-order valence-corrected chi connectivity index (χ3v) is 2.41. The average molecular weight is 203 g/mol. The number of hydrogen-bond donors (Lipinski definition) is 0. The summed E-state index contributed by atoms with van der Waals surface area (Å²) in [6, 6.07) is 7.56. The van der Waals surface area contributed by atoms with Crippen LogP contribution in [0.5, 0.6) is 0 Å². The van der Waals surface area contributed by atoms with E-state index in [0.29, 0.717) is 5.02 Å². The van der Waals surface area contributed by atoms with E-state index in [2.05, 4.69) is 9.83 Å². The van der Waals surface area contributed by atoms with Crippen molar-refractivity contribution in [2.75, 3.05) is 0 Å². The van der Waals surface area contributed by atoms with E-state index >= 15 is 0 Å². The van der Waals surface area contributed by atoms with Gasteiger partial charge in [0.1, 0.15) is 0 Å². The number of hydrogen-bond acceptors (Lipinski definition) is 1. The molecule has 0 saturated heterocycles. The van der Waals surface area contributed by atoms with Crippen molar-refractivity contribution in [3.8, 4) is 0 Å². The number of aromatic nitrogens is 1. The van der Waals surface area contributed by atoms with E-state index in [1.165, 1.54) is 0 Å². The summed E-state index contributed by atoms with van der Waals surface area (Å²) in [7, 11) is 0. The Bertz CT molecular complexity index is 514. The maximum Gasteiger partial charge on any atom is 0.243 e. The van der Waals surface area contributed by atoms with Gasteiger partial charge in [-0.2, -0.15) is 0 Å². The number of rotatable bonds is 1. The molecule has 1 heterocycles. The zero-order valence-electron chi connectivity index (χ0n) is 7.37. The lowest BCUT2D eigenvalue weighted by Crippen LogP contribution is -1.87. The fraction of sp³-hybridized carbons (Fsp3) is 0.0909. The maximum atomic E-state index is 6.85. The van der Waals surface area contributed by atoms with Crippen molar-refractivity contribution < 1.29 is 0 Å². The van der Waals surface area contributed by atoms with Crippen molar-refractivity contribution in [3.05, 3.63) is 52.5 Å². The number of benzene rings is 1. The second kappa shape index (κ2) is 3.65. The van der Waals surface area contributed by atoms with E-state index in [0.717, 1.165) is 16.5 Å². The molecule has 1 aromatic carbocycles. The molecule has 0 bridgehead atoms. The lowest BCUT2D eigenvalue weighted by Gasteiger charge is -2.01. The first kappa shape index (κ1) is 8.98. The first-order chi connectivity index (χ1) is 6.83. The van der Waals surface area contributed by atoms with Gasteiger partial charge in [-0.25, -0.2) is 6.57 Å². The molecule has 0 spiro atoms. The number of halogens is 1. The molecular formula is C11H7ClN2. The summed E-state index contributed by atoms with van der Waals surface area (Å²) in [5.41, 5.74) is 1.65. The topological polar surface area (TPSA) is 17.2 Å². The second-order valence-electron chi connectivity index (χ2n) is 2.92. The number of fused-ring (bicyclic) bond motifs is 1. The van der Waals surface area contributed by atoms with Crippen LogP contribution in [0.2, 0.25) is 5.02 Å². The highest BCUT2D eigenvalue weighted by Crippen LogP contribution is 2.24. The minimum Gasteiger partial charge on any atom is -0.312 e. The van der Waals surface area contributed by atoms with Gasteiger partial charge in [-0.15, -0.1) is 0 Å². The summed E-state index contributed by atoms with van der Waals surface area (Å²) in [5, 5.41) is 1.64. The van der Waals surface area contributed by atoms with Crippen molar-refractivity contribution in [2.24, 2.45) is 0 Å². The van der Waals surface area contributed by atoms with Gasteiger partial charge in [0.05, 0.1) is 16.1 Å². The lowest BCUT2D eigenvalue weighted by molar-refractivity contribution is 1.26. The Morgan fingerprint density at radius 3 is 3.00 bits per heavy atom. The summed E-state index contributed by atoms with van der Waals surface area (Å²) in [6.07, 6.45) is 1.71. The molecule has 0 aliphatic rings. The van der Waals surface area contributed by atoms with Crippen molar-refractivity contribution in [2.45, 2.75) is 6.54 Å². The molecular weight excluding hydrogens is 196 g/mol. The van der Waals surface area contributed by atoms with Crippen LogP contribution in [0.3, 0.4) is 0 Å². The van der Waals surface area contributed by atoms with Gasteiger partial charge in [0.2, 0.25) is 6.54 Å². The van der Waals surface area contributed by atoms with Crippen LogP contribution < -0.4 is 0 Å². The van der Waals surface area contributed by atoms with Gasteiger partial charge >= 0.3 is 0 Å². The smallest absolute Gasteiger partial charge is 0.243 e. The van der Waals surface area contributed by atoms with Crippen LogP contribution in [-0.4, -0.2) is 4.98 Å². The van der Waals surface area contributed by atoms with Crippen molar-refractivity contribution in [3.63, 3.8) is 0 Å². The Balaban J connectivity index is 2.77. The first-order valence-electron chi connectivity index (χ1n) is 4.18. The largest absolute Gasteiger partial charge is 0.312 e. The van der Waals surface area contributed by atoms with Crippen molar-refractivity contribution in [1.29, 1.82) is 0 Å². The summed E-state index contributed by atoms with van der Waals surface area (Å²) in [6.45, 7) is 7.14. The molecule has 1 aromatic heterocycles. The summed E-state index contributed by atoms with van der Waals surface area (Å²) in [4.78, 5) is 7.58. The predicted molar refractivity (Wildman–Crippen MR) is 57.1 cm³/mol. The standard InChI is InChI=1S/C11H7ClN2/c1-13-7-9-10(12)5-4-8-3-2-6-14-11(8)9/h2-6H,7H2. The number of pyridine rings is 1. The normalized spacial score (nSPS) is 10.0. The third kappa shape index (κ3) is 1.43. The van der Waals surface area contributed by atoms with Gasteiger partial charge in [-0.05, 0) is 12.1 Å². The molecule has 2 aromatic rings. The molecule has 0 N–H and O–H groups in total. The molecule has 0 saturated carbocycles. The Labute approximate surface area is 87.0 Å². The highest BCUT2D eigenvalue weighted by molar-refractivity contribution is 6.32. The molecule has 2 nitrogen and oxygen atoms in total. The van der Waals surface area contributed by atoms with E-state index < -0.39 is 0 Å². The van der Waals surface area contributed by atoms with Crippen LogP contribution in [0.25, 0.3) is 15.7 Å². The molecule has 0 radical (unpaired) electrons. The second-order valence-corrected chi connectivity index (χ2v) is 3.32. The quantitative estimate of drug-likeness (QED) is 0.649. The zero-order valence-corrected chi connectivity index (χ0v) is 8.12. The van der Waals surface area contributed by atoms with Crippen molar-refractivity contribution >= 4 is 22.5 Å². The third-order valence-electron chi connectivity index (χ3n) is 2.06. The van der Waals surface area contributed by atoms with Gasteiger partial charge in [0, 0.05) is 11.6 Å². The molecule has 0 atom stereocenters. The van der Waals surface area contributed by atoms with Crippen LogP contribution >= 0.6 is 11.6 Å². The van der Waals surface area contributed by atoms with Crippen LogP contribution in [0.15, 0.2) is 30.5 Å². The molecule has 14 heavy (non-hydrogen) atoms. The number of nitrogens with zero attached hydrogens (tertiary/aromatic N) is 2. The maximum absolute atomic E-state index is 6.85. The fourth-order valence-electron chi connectivity index (χ4n) is 1.41. The van der Waals surface area contributed by atoms with Gasteiger partial charge < -0.3 is 4.85 Å². The first-order valence-corrected chi connectivity index (χ1v) is 4.56. The summed E-state index contributed by atoms with van der Waals surface area (Å²) >= 11 is 6.00. The Kier molecular flexibility index (Phi) is 2.34. The minimum absolute atomic E-state index is 0.285. The SMILES string of the molecule is [C-]#[N+]Cc1c(Cl)ccc2cccnc12. The summed E-state index contributed by atoms with van der Waals surface area (Å²) in [5.74, 6) is 0. The van der Waals surface area contributed by atoms with Gasteiger partial charge in [-0.3, -0.25) is 4.98 Å². The van der Waals surface area contributed by atoms with Gasteiger partial charge in [0.25, 0.3) is 0 Å². The van der Waals surface area contributed by atoms with E-state index in [9.17, 15) is 0 Å². The average Bonchev–Trinajstić information content (AvgIpc) is 2.23. The Morgan fingerprint density at radius 1 is 1.36 bits per heavy atom. The molecule has 3 heteroatoms. The lowest BCUT2D eigenvalue weighted by atomic mass is 10.1. The molecule has 68 valence electrons. The molecule has 0 fully saturated rings. The molecule has 0 amide bonds. The molecule has 0 aliphatic heterocycles. The monoisotopic (exact) mass is 202 g/mol. The van der Waals surface area contributed by atoms with E-state index in [4.69, 9.17) is 18.2 Å². The van der Waals surface area contributed by atoms with Crippen molar-refractivity contribution in [1.82, 2.24) is 4.98 Å². The highest BCUT2D eigenvalue weighted by atomic mass is 35.5. The van der Waals surface area contributed by atoms with Crippen LogP contribution in [0.4, 0.5) is 0 Å². The molecule has 0 aliphatic carbocycles. The Hall–Kier alpha value is -1.59. The molecule has 0 unspecified atom stereocenters. The van der Waals surface area contributed by atoms with Crippen LogP contribution in [0, 0.1) is 6.57 Å². The van der Waals surface area contributed by atoms with Gasteiger partial charge in [-0.1, -0.05) is 23.7 Å². The van der Waals surface area contributed by atoms with E-state index in [1.807, 2.05) is 24.3 Å².